The zero-order chi connectivity index (χ0) is 14.6. The average Bonchev–Trinajstić information content (AvgIpc) is 3.12. The highest BCUT2D eigenvalue weighted by Crippen LogP contribution is 2.44. The summed E-state index contributed by atoms with van der Waals surface area (Å²) in [5.41, 5.74) is 2.49. The van der Waals surface area contributed by atoms with E-state index in [-0.39, 0.29) is 6.04 Å². The highest BCUT2D eigenvalue weighted by atomic mass is 16.5. The van der Waals surface area contributed by atoms with Crippen LogP contribution in [0.15, 0.2) is 72.0 Å². The van der Waals surface area contributed by atoms with E-state index >= 15 is 0 Å². The van der Waals surface area contributed by atoms with Crippen LogP contribution in [0.1, 0.15) is 5.56 Å². The lowest BCUT2D eigenvalue weighted by atomic mass is 9.85. The van der Waals surface area contributed by atoms with Crippen molar-refractivity contribution in [2.24, 2.45) is 5.10 Å². The second kappa shape index (κ2) is 4.13. The van der Waals surface area contributed by atoms with Gasteiger partial charge in [-0.25, -0.2) is 0 Å². The van der Waals surface area contributed by atoms with Gasteiger partial charge in [0.25, 0.3) is 0 Å². The molecule has 2 unspecified atom stereocenters. The molecule has 2 aromatic carbocycles. The molecule has 0 saturated carbocycles. The molecule has 0 radical (unpaired) electrons. The van der Waals surface area contributed by atoms with Crippen molar-refractivity contribution in [3.8, 4) is 5.75 Å². The van der Waals surface area contributed by atoms with E-state index < -0.39 is 5.60 Å². The van der Waals surface area contributed by atoms with E-state index in [0.29, 0.717) is 6.61 Å². The Morgan fingerprint density at radius 3 is 2.77 bits per heavy atom. The van der Waals surface area contributed by atoms with E-state index in [1.54, 1.807) is 6.26 Å². The van der Waals surface area contributed by atoms with Gasteiger partial charge < -0.3 is 9.47 Å². The van der Waals surface area contributed by atoms with Crippen molar-refractivity contribution in [2.75, 3.05) is 11.6 Å². The molecule has 3 aliphatic rings. The van der Waals surface area contributed by atoms with Crippen LogP contribution in [-0.4, -0.2) is 24.0 Å². The maximum Gasteiger partial charge on any atom is 0.212 e. The Bertz CT molecular complexity index is 800. The van der Waals surface area contributed by atoms with Gasteiger partial charge in [-0.05, 0) is 30.3 Å². The Morgan fingerprint density at radius 1 is 1.05 bits per heavy atom. The molecule has 3 aliphatic heterocycles. The predicted molar refractivity (Wildman–Crippen MR) is 84.1 cm³/mol. The van der Waals surface area contributed by atoms with Gasteiger partial charge in [-0.15, -0.1) is 0 Å². The van der Waals surface area contributed by atoms with Crippen LogP contribution in [-0.2, 0) is 4.74 Å². The molecule has 2 aromatic rings. The highest BCUT2D eigenvalue weighted by molar-refractivity contribution is 6.13. The molecule has 0 saturated heterocycles. The molecular formula is C18H14N2O2. The van der Waals surface area contributed by atoms with Crippen molar-refractivity contribution in [3.63, 3.8) is 0 Å². The van der Waals surface area contributed by atoms with Gasteiger partial charge in [0.2, 0.25) is 5.60 Å². The van der Waals surface area contributed by atoms with Crippen LogP contribution in [0.4, 0.5) is 5.69 Å². The van der Waals surface area contributed by atoms with Crippen molar-refractivity contribution < 1.29 is 9.47 Å². The number of benzene rings is 2. The minimum absolute atomic E-state index is 0.0262. The van der Waals surface area contributed by atoms with Gasteiger partial charge in [0.05, 0.1) is 11.9 Å². The van der Waals surface area contributed by atoms with E-state index in [4.69, 9.17) is 14.6 Å². The van der Waals surface area contributed by atoms with E-state index in [2.05, 4.69) is 18.2 Å². The molecular weight excluding hydrogens is 276 g/mol. The van der Waals surface area contributed by atoms with Gasteiger partial charge in [0.15, 0.2) is 0 Å². The number of hydrazone groups is 1. The molecule has 4 heteroatoms. The summed E-state index contributed by atoms with van der Waals surface area (Å²) in [5.74, 6) is 0.871. The Morgan fingerprint density at radius 2 is 1.86 bits per heavy atom. The average molecular weight is 290 g/mol. The van der Waals surface area contributed by atoms with Crippen LogP contribution < -0.4 is 9.75 Å². The number of nitrogens with zero attached hydrogens (tertiary/aromatic N) is 2. The molecule has 0 amide bonds. The largest absolute Gasteiger partial charge is 0.488 e. The lowest BCUT2D eigenvalue weighted by molar-refractivity contribution is 0.0477. The van der Waals surface area contributed by atoms with Gasteiger partial charge in [-0.3, -0.25) is 5.01 Å². The molecule has 2 atom stereocenters. The molecule has 0 aliphatic carbocycles. The second-order valence-corrected chi connectivity index (χ2v) is 5.69. The Kier molecular flexibility index (Phi) is 2.23. The van der Waals surface area contributed by atoms with Gasteiger partial charge >= 0.3 is 0 Å². The molecule has 108 valence electrons. The van der Waals surface area contributed by atoms with Crippen LogP contribution in [0.2, 0.25) is 0 Å². The fraction of sp³-hybridized carbons (Fsp3) is 0.167. The summed E-state index contributed by atoms with van der Waals surface area (Å²) in [5, 5.41) is 6.92. The van der Waals surface area contributed by atoms with Crippen molar-refractivity contribution in [1.82, 2.24) is 0 Å². The van der Waals surface area contributed by atoms with E-state index in [1.807, 2.05) is 47.5 Å². The molecule has 22 heavy (non-hydrogen) atoms. The molecule has 1 spiro atoms. The lowest BCUT2D eigenvalue weighted by Crippen LogP contribution is -2.54. The first-order valence-corrected chi connectivity index (χ1v) is 7.38. The summed E-state index contributed by atoms with van der Waals surface area (Å²) in [7, 11) is 0. The SMILES string of the molecule is C1=CC2N(c3ccccc3)N=C3c4ccccc4OCC32O1. The maximum absolute atomic E-state index is 6.00. The van der Waals surface area contributed by atoms with Gasteiger partial charge in [0.1, 0.15) is 24.1 Å². The van der Waals surface area contributed by atoms with Crippen molar-refractivity contribution in [3.05, 3.63) is 72.5 Å². The van der Waals surface area contributed by atoms with Gasteiger partial charge in [-0.1, -0.05) is 30.3 Å². The minimum atomic E-state index is -0.538. The molecule has 5 rings (SSSR count). The van der Waals surface area contributed by atoms with E-state index in [1.165, 1.54) is 0 Å². The van der Waals surface area contributed by atoms with Crippen LogP contribution in [0.5, 0.6) is 5.75 Å². The first-order valence-electron chi connectivity index (χ1n) is 7.38. The van der Waals surface area contributed by atoms with Crippen LogP contribution in [0.25, 0.3) is 0 Å². The molecule has 0 bridgehead atoms. The third kappa shape index (κ3) is 1.39. The normalized spacial score (nSPS) is 27.4. The Hall–Kier alpha value is -2.75. The molecule has 3 heterocycles. The van der Waals surface area contributed by atoms with Crippen molar-refractivity contribution in [1.29, 1.82) is 0 Å². The second-order valence-electron chi connectivity index (χ2n) is 5.69. The Balaban J connectivity index is 1.70. The number of ether oxygens (including phenoxy) is 2. The summed E-state index contributed by atoms with van der Waals surface area (Å²) in [4.78, 5) is 0. The van der Waals surface area contributed by atoms with Crippen LogP contribution in [0.3, 0.4) is 0 Å². The highest BCUT2D eigenvalue weighted by Gasteiger charge is 2.58. The smallest absolute Gasteiger partial charge is 0.212 e. The summed E-state index contributed by atoms with van der Waals surface area (Å²) in [6, 6.07) is 18.2. The van der Waals surface area contributed by atoms with Crippen molar-refractivity contribution >= 4 is 11.4 Å². The summed E-state index contributed by atoms with van der Waals surface area (Å²) in [6.45, 7) is 0.476. The summed E-state index contributed by atoms with van der Waals surface area (Å²) < 4.78 is 12.0. The Labute approximate surface area is 128 Å². The quantitative estimate of drug-likeness (QED) is 0.810. The summed E-state index contributed by atoms with van der Waals surface area (Å²) in [6.07, 6.45) is 3.83. The zero-order valence-corrected chi connectivity index (χ0v) is 11.8. The number of hydrogen-bond donors (Lipinski definition) is 0. The first kappa shape index (κ1) is 11.9. The fourth-order valence-corrected chi connectivity index (χ4v) is 3.43. The first-order chi connectivity index (χ1) is 10.9. The minimum Gasteiger partial charge on any atom is -0.488 e. The van der Waals surface area contributed by atoms with Crippen LogP contribution in [0, 0.1) is 0 Å². The fourth-order valence-electron chi connectivity index (χ4n) is 3.43. The molecule has 0 fully saturated rings. The zero-order valence-electron chi connectivity index (χ0n) is 11.8. The monoisotopic (exact) mass is 290 g/mol. The molecule has 0 aromatic heterocycles. The predicted octanol–water partition coefficient (Wildman–Crippen LogP) is 2.95. The standard InChI is InChI=1S/C18H14N2O2/c1-2-6-13(7-3-1)20-16-10-11-22-18(16)12-21-15-9-5-4-8-14(15)17(18)19-20/h1-11,16H,12H2. The topological polar surface area (TPSA) is 34.1 Å². The summed E-state index contributed by atoms with van der Waals surface area (Å²) >= 11 is 0. The van der Waals surface area contributed by atoms with Crippen LogP contribution >= 0.6 is 0 Å². The third-order valence-corrected chi connectivity index (χ3v) is 4.49. The van der Waals surface area contributed by atoms with E-state index in [9.17, 15) is 0 Å². The molecule has 4 nitrogen and oxygen atoms in total. The number of hydrogen-bond acceptors (Lipinski definition) is 4. The number of rotatable bonds is 1. The molecule has 0 N–H and O–H groups in total. The number of fused-ring (bicyclic) bond motifs is 2. The van der Waals surface area contributed by atoms with Gasteiger partial charge in [0, 0.05) is 5.56 Å². The number of para-hydroxylation sites is 2. The van der Waals surface area contributed by atoms with Crippen molar-refractivity contribution in [2.45, 2.75) is 11.6 Å². The van der Waals surface area contributed by atoms with E-state index in [0.717, 1.165) is 22.7 Å². The lowest BCUT2D eigenvalue weighted by Gasteiger charge is -2.35. The maximum atomic E-state index is 6.00. The van der Waals surface area contributed by atoms with Gasteiger partial charge in [-0.2, -0.15) is 5.10 Å². The third-order valence-electron chi connectivity index (χ3n) is 4.49. The number of anilines is 1.